The molecule has 0 aliphatic carbocycles. The topological polar surface area (TPSA) is 33.4 Å². The molecule has 1 aromatic rings. The van der Waals surface area contributed by atoms with E-state index in [9.17, 15) is 5.11 Å². The first kappa shape index (κ1) is 10.8. The lowest BCUT2D eigenvalue weighted by molar-refractivity contribution is 0.136. The van der Waals surface area contributed by atoms with E-state index in [0.717, 1.165) is 23.7 Å². The summed E-state index contributed by atoms with van der Waals surface area (Å²) in [5.74, 6) is 0.649. The maximum Gasteiger partial charge on any atom is 0.146 e. The highest BCUT2D eigenvalue weighted by Gasteiger charge is 2.13. The Morgan fingerprint density at radius 2 is 2.31 bits per heavy atom. The molecule has 1 aromatic heterocycles. The first-order chi connectivity index (χ1) is 6.25. The van der Waals surface area contributed by atoms with E-state index in [1.165, 1.54) is 6.42 Å². The van der Waals surface area contributed by atoms with Crippen LogP contribution in [0.15, 0.2) is 21.2 Å². The molecule has 0 radical (unpaired) electrons. The smallest absolute Gasteiger partial charge is 0.146 e. The van der Waals surface area contributed by atoms with Crippen LogP contribution >= 0.6 is 15.9 Å². The van der Waals surface area contributed by atoms with Gasteiger partial charge < -0.3 is 9.52 Å². The highest BCUT2D eigenvalue weighted by molar-refractivity contribution is 9.10. The fourth-order valence-electron chi connectivity index (χ4n) is 1.26. The van der Waals surface area contributed by atoms with Crippen molar-refractivity contribution in [1.29, 1.82) is 0 Å². The van der Waals surface area contributed by atoms with Crippen molar-refractivity contribution in [3.63, 3.8) is 0 Å². The molecule has 0 spiro atoms. The van der Waals surface area contributed by atoms with E-state index in [1.807, 2.05) is 0 Å². The summed E-state index contributed by atoms with van der Waals surface area (Å²) in [6, 6.07) is 1.80. The lowest BCUT2D eigenvalue weighted by Gasteiger charge is -2.07. The van der Waals surface area contributed by atoms with Crippen LogP contribution in [0.25, 0.3) is 0 Å². The van der Waals surface area contributed by atoms with Crippen LogP contribution in [0, 0.1) is 0 Å². The molecule has 0 aliphatic rings. The Kier molecular flexibility index (Phi) is 4.53. The molecule has 0 saturated carbocycles. The fraction of sp³-hybridized carbons (Fsp3) is 0.600. The maximum absolute atomic E-state index is 9.69. The minimum Gasteiger partial charge on any atom is -0.465 e. The summed E-state index contributed by atoms with van der Waals surface area (Å²) in [5.41, 5.74) is 0. The van der Waals surface area contributed by atoms with Crippen LogP contribution in [0.5, 0.6) is 0 Å². The first-order valence-electron chi connectivity index (χ1n) is 4.66. The van der Waals surface area contributed by atoms with Crippen molar-refractivity contribution in [3.05, 3.63) is 22.6 Å². The van der Waals surface area contributed by atoms with Gasteiger partial charge >= 0.3 is 0 Å². The average molecular weight is 247 g/mol. The van der Waals surface area contributed by atoms with Crippen LogP contribution in [0.2, 0.25) is 0 Å². The Labute approximate surface area is 87.1 Å². The van der Waals surface area contributed by atoms with Gasteiger partial charge in [0.25, 0.3) is 0 Å². The van der Waals surface area contributed by atoms with E-state index in [2.05, 4.69) is 22.9 Å². The van der Waals surface area contributed by atoms with Gasteiger partial charge in [-0.1, -0.05) is 26.2 Å². The van der Waals surface area contributed by atoms with Gasteiger partial charge in [-0.15, -0.1) is 0 Å². The zero-order chi connectivity index (χ0) is 9.68. The molecule has 13 heavy (non-hydrogen) atoms. The van der Waals surface area contributed by atoms with Gasteiger partial charge in [-0.25, -0.2) is 0 Å². The van der Waals surface area contributed by atoms with E-state index in [1.54, 1.807) is 12.3 Å². The molecule has 3 heteroatoms. The Hall–Kier alpha value is -0.280. The zero-order valence-corrected chi connectivity index (χ0v) is 9.38. The molecule has 0 aromatic carbocycles. The van der Waals surface area contributed by atoms with Gasteiger partial charge in [0.1, 0.15) is 11.9 Å². The van der Waals surface area contributed by atoms with Crippen molar-refractivity contribution in [2.75, 3.05) is 0 Å². The van der Waals surface area contributed by atoms with Gasteiger partial charge in [0, 0.05) is 0 Å². The third-order valence-corrected chi connectivity index (χ3v) is 2.68. The van der Waals surface area contributed by atoms with Crippen LogP contribution in [-0.4, -0.2) is 5.11 Å². The summed E-state index contributed by atoms with van der Waals surface area (Å²) in [6.45, 7) is 2.15. The second-order valence-electron chi connectivity index (χ2n) is 3.14. The third kappa shape index (κ3) is 3.16. The van der Waals surface area contributed by atoms with E-state index in [-0.39, 0.29) is 0 Å². The Bertz CT molecular complexity index is 245. The van der Waals surface area contributed by atoms with Crippen LogP contribution in [-0.2, 0) is 0 Å². The minimum absolute atomic E-state index is 0.462. The number of hydrogen-bond acceptors (Lipinski definition) is 2. The van der Waals surface area contributed by atoms with Crippen molar-refractivity contribution in [3.8, 4) is 0 Å². The number of unbranched alkanes of at least 4 members (excludes halogenated alkanes) is 2. The standard InChI is InChI=1S/C10H15BrO2/c1-2-3-4-5-9(12)10-8(11)6-7-13-10/h6-7,9,12H,2-5H2,1H3. The predicted octanol–water partition coefficient (Wildman–Crippen LogP) is 3.66. The van der Waals surface area contributed by atoms with Gasteiger partial charge in [0.05, 0.1) is 10.7 Å². The molecule has 0 fully saturated rings. The second kappa shape index (κ2) is 5.45. The summed E-state index contributed by atoms with van der Waals surface area (Å²) in [4.78, 5) is 0. The number of hydrogen-bond donors (Lipinski definition) is 1. The van der Waals surface area contributed by atoms with Crippen LogP contribution in [0.4, 0.5) is 0 Å². The maximum atomic E-state index is 9.69. The number of furan rings is 1. The third-order valence-electron chi connectivity index (χ3n) is 2.03. The SMILES string of the molecule is CCCCCC(O)c1occc1Br. The van der Waals surface area contributed by atoms with E-state index >= 15 is 0 Å². The van der Waals surface area contributed by atoms with E-state index in [4.69, 9.17) is 4.42 Å². The van der Waals surface area contributed by atoms with Crippen molar-refractivity contribution in [2.24, 2.45) is 0 Å². The summed E-state index contributed by atoms with van der Waals surface area (Å²) in [7, 11) is 0. The fourth-order valence-corrected chi connectivity index (χ4v) is 1.73. The molecule has 0 bridgehead atoms. The van der Waals surface area contributed by atoms with Crippen molar-refractivity contribution < 1.29 is 9.52 Å². The Balaban J connectivity index is 2.39. The molecule has 1 unspecified atom stereocenters. The predicted molar refractivity (Wildman–Crippen MR) is 55.5 cm³/mol. The highest BCUT2D eigenvalue weighted by atomic mass is 79.9. The monoisotopic (exact) mass is 246 g/mol. The summed E-state index contributed by atoms with van der Waals surface area (Å²) < 4.78 is 6.02. The van der Waals surface area contributed by atoms with Crippen LogP contribution in [0.3, 0.4) is 0 Å². The van der Waals surface area contributed by atoms with Crippen LogP contribution < -0.4 is 0 Å². The second-order valence-corrected chi connectivity index (χ2v) is 4.00. The Morgan fingerprint density at radius 3 is 2.85 bits per heavy atom. The first-order valence-corrected chi connectivity index (χ1v) is 5.46. The van der Waals surface area contributed by atoms with E-state index < -0.39 is 6.10 Å². The summed E-state index contributed by atoms with van der Waals surface area (Å²) in [6.07, 6.45) is 5.28. The van der Waals surface area contributed by atoms with Crippen molar-refractivity contribution in [2.45, 2.75) is 38.7 Å². The van der Waals surface area contributed by atoms with Crippen molar-refractivity contribution >= 4 is 15.9 Å². The average Bonchev–Trinajstić information content (AvgIpc) is 2.52. The molecular weight excluding hydrogens is 232 g/mol. The number of halogens is 1. The summed E-state index contributed by atoms with van der Waals surface area (Å²) in [5, 5.41) is 9.69. The largest absolute Gasteiger partial charge is 0.465 e. The van der Waals surface area contributed by atoms with Crippen molar-refractivity contribution in [1.82, 2.24) is 0 Å². The van der Waals surface area contributed by atoms with Crippen LogP contribution in [0.1, 0.15) is 44.5 Å². The van der Waals surface area contributed by atoms with Gasteiger partial charge in [-0.05, 0) is 28.4 Å². The molecule has 74 valence electrons. The number of aliphatic hydroxyl groups excluding tert-OH is 1. The lowest BCUT2D eigenvalue weighted by Crippen LogP contribution is -1.96. The molecule has 1 N–H and O–H groups in total. The lowest BCUT2D eigenvalue weighted by atomic mass is 10.1. The zero-order valence-electron chi connectivity index (χ0n) is 7.79. The molecule has 1 atom stereocenters. The Morgan fingerprint density at radius 1 is 1.54 bits per heavy atom. The van der Waals surface area contributed by atoms with Gasteiger partial charge in [-0.3, -0.25) is 0 Å². The number of aliphatic hydroxyl groups is 1. The molecule has 2 nitrogen and oxygen atoms in total. The van der Waals surface area contributed by atoms with Gasteiger partial charge in [0.15, 0.2) is 0 Å². The molecule has 1 rings (SSSR count). The molecule has 0 amide bonds. The molecule has 0 aliphatic heterocycles. The normalized spacial score (nSPS) is 13.2. The van der Waals surface area contributed by atoms with Gasteiger partial charge in [0.2, 0.25) is 0 Å². The molecule has 0 saturated heterocycles. The van der Waals surface area contributed by atoms with Gasteiger partial charge in [-0.2, -0.15) is 0 Å². The quantitative estimate of drug-likeness (QED) is 0.805. The molecule has 1 heterocycles. The van der Waals surface area contributed by atoms with E-state index in [0.29, 0.717) is 5.76 Å². The summed E-state index contributed by atoms with van der Waals surface area (Å²) >= 11 is 3.32. The molecular formula is C10H15BrO2. The number of rotatable bonds is 5. The minimum atomic E-state index is -0.462. The highest BCUT2D eigenvalue weighted by Crippen LogP contribution is 2.27.